The van der Waals surface area contributed by atoms with E-state index in [1.807, 2.05) is 30.3 Å². The van der Waals surface area contributed by atoms with Crippen LogP contribution in [0, 0.1) is 0 Å². The van der Waals surface area contributed by atoms with Crippen LogP contribution in [0.25, 0.3) is 10.7 Å². The second-order valence-corrected chi connectivity index (χ2v) is 5.93. The highest BCUT2D eigenvalue weighted by Crippen LogP contribution is 2.26. The van der Waals surface area contributed by atoms with Crippen LogP contribution in [0.5, 0.6) is 0 Å². The van der Waals surface area contributed by atoms with E-state index in [1.165, 1.54) is 11.3 Å². The Morgan fingerprint density at radius 3 is 2.73 bits per heavy atom. The lowest BCUT2D eigenvalue weighted by molar-refractivity contribution is 0.191. The molecule has 0 radical (unpaired) electrons. The molecule has 0 aliphatic heterocycles. The molecule has 0 saturated heterocycles. The Bertz CT molecular complexity index is 750. The van der Waals surface area contributed by atoms with Crippen LogP contribution in [0.15, 0.2) is 48.7 Å². The largest absolute Gasteiger partial charge is 0.387 e. The second kappa shape index (κ2) is 6.83. The zero-order valence-electron chi connectivity index (χ0n) is 11.5. The molecule has 2 N–H and O–H groups in total. The van der Waals surface area contributed by atoms with Crippen molar-refractivity contribution >= 4 is 28.1 Å². The summed E-state index contributed by atoms with van der Waals surface area (Å²) in [6.45, 7) is 0.306. The number of nitrogens with zero attached hydrogens (tertiary/aromatic N) is 3. The number of aliphatic hydroxyl groups is 1. The van der Waals surface area contributed by atoms with Gasteiger partial charge in [-0.15, -0.1) is 10.2 Å². The Hall–Kier alpha value is -2.02. The van der Waals surface area contributed by atoms with Crippen molar-refractivity contribution in [3.8, 4) is 10.7 Å². The second-order valence-electron chi connectivity index (χ2n) is 4.55. The van der Waals surface area contributed by atoms with E-state index in [1.54, 1.807) is 18.3 Å². The minimum absolute atomic E-state index is 0.306. The molecule has 2 aromatic heterocycles. The van der Waals surface area contributed by atoms with E-state index in [4.69, 9.17) is 11.6 Å². The molecule has 0 saturated carbocycles. The lowest BCUT2D eigenvalue weighted by Gasteiger charge is -2.12. The van der Waals surface area contributed by atoms with Crippen LogP contribution in [0.4, 0.5) is 5.13 Å². The summed E-state index contributed by atoms with van der Waals surface area (Å²) in [5, 5.41) is 23.3. The molecular formula is C15H13ClN4OS. The molecule has 0 bridgehead atoms. The van der Waals surface area contributed by atoms with Gasteiger partial charge in [-0.05, 0) is 18.2 Å². The summed E-state index contributed by atoms with van der Waals surface area (Å²) in [6, 6.07) is 12.9. The molecule has 112 valence electrons. The van der Waals surface area contributed by atoms with Crippen molar-refractivity contribution in [3.05, 3.63) is 59.2 Å². The van der Waals surface area contributed by atoms with Gasteiger partial charge in [-0.25, -0.2) is 0 Å². The maximum absolute atomic E-state index is 10.2. The fourth-order valence-corrected chi connectivity index (χ4v) is 2.92. The monoisotopic (exact) mass is 332 g/mol. The van der Waals surface area contributed by atoms with Crippen molar-refractivity contribution in [2.24, 2.45) is 0 Å². The van der Waals surface area contributed by atoms with E-state index in [-0.39, 0.29) is 0 Å². The number of benzene rings is 1. The first kappa shape index (κ1) is 14.9. The normalized spacial score (nSPS) is 12.1. The first-order valence-electron chi connectivity index (χ1n) is 6.65. The summed E-state index contributed by atoms with van der Waals surface area (Å²) in [6.07, 6.45) is 1.00. The zero-order chi connectivity index (χ0) is 15.4. The van der Waals surface area contributed by atoms with Crippen LogP contribution in [0.1, 0.15) is 11.7 Å². The first-order chi connectivity index (χ1) is 10.7. The summed E-state index contributed by atoms with van der Waals surface area (Å²) in [5.41, 5.74) is 1.46. The predicted octanol–water partition coefficient (Wildman–Crippen LogP) is 3.40. The molecular weight excluding hydrogens is 320 g/mol. The van der Waals surface area contributed by atoms with E-state index in [0.29, 0.717) is 22.3 Å². The topological polar surface area (TPSA) is 70.9 Å². The maximum Gasteiger partial charge on any atom is 0.206 e. The van der Waals surface area contributed by atoms with Crippen molar-refractivity contribution in [1.82, 2.24) is 15.2 Å². The van der Waals surface area contributed by atoms with E-state index in [0.717, 1.165) is 10.7 Å². The van der Waals surface area contributed by atoms with Gasteiger partial charge in [-0.3, -0.25) is 4.98 Å². The van der Waals surface area contributed by atoms with Gasteiger partial charge >= 0.3 is 0 Å². The molecule has 22 heavy (non-hydrogen) atoms. The van der Waals surface area contributed by atoms with Crippen molar-refractivity contribution in [2.75, 3.05) is 11.9 Å². The number of aliphatic hydroxyl groups excluding tert-OH is 1. The Balaban J connectivity index is 1.65. The Kier molecular flexibility index (Phi) is 4.62. The zero-order valence-corrected chi connectivity index (χ0v) is 13.1. The molecule has 5 nitrogen and oxygen atoms in total. The van der Waals surface area contributed by atoms with Gasteiger partial charge in [-0.2, -0.15) is 0 Å². The van der Waals surface area contributed by atoms with Crippen LogP contribution in [0.3, 0.4) is 0 Å². The fraction of sp³-hybridized carbons (Fsp3) is 0.133. The van der Waals surface area contributed by atoms with Crippen LogP contribution in [0.2, 0.25) is 5.02 Å². The summed E-state index contributed by atoms with van der Waals surface area (Å²) in [7, 11) is 0. The molecule has 1 aromatic carbocycles. The van der Waals surface area contributed by atoms with Gasteiger partial charge < -0.3 is 10.4 Å². The third-order valence-corrected chi connectivity index (χ3v) is 4.27. The van der Waals surface area contributed by atoms with Crippen molar-refractivity contribution < 1.29 is 5.11 Å². The molecule has 1 unspecified atom stereocenters. The molecule has 0 aliphatic rings. The number of hydrogen-bond acceptors (Lipinski definition) is 6. The molecule has 1 atom stereocenters. The van der Waals surface area contributed by atoms with E-state index >= 15 is 0 Å². The van der Waals surface area contributed by atoms with Gasteiger partial charge in [0.25, 0.3) is 0 Å². The standard InChI is InChI=1S/C15H13ClN4OS/c16-11-6-2-1-5-10(11)13(21)9-18-15-20-19-14(22-15)12-7-3-4-8-17-12/h1-8,13,21H,9H2,(H,18,20). The predicted molar refractivity (Wildman–Crippen MR) is 88.0 cm³/mol. The average Bonchev–Trinajstić information content (AvgIpc) is 3.03. The third kappa shape index (κ3) is 3.41. The van der Waals surface area contributed by atoms with E-state index in [9.17, 15) is 5.11 Å². The highest BCUT2D eigenvalue weighted by molar-refractivity contribution is 7.18. The number of rotatable bonds is 5. The summed E-state index contributed by atoms with van der Waals surface area (Å²) >= 11 is 7.45. The first-order valence-corrected chi connectivity index (χ1v) is 7.85. The molecule has 3 rings (SSSR count). The third-order valence-electron chi connectivity index (χ3n) is 3.02. The van der Waals surface area contributed by atoms with Gasteiger partial charge in [0.2, 0.25) is 5.13 Å². The quantitative estimate of drug-likeness (QED) is 0.749. The minimum atomic E-state index is -0.712. The van der Waals surface area contributed by atoms with Gasteiger partial charge in [0, 0.05) is 23.3 Å². The Morgan fingerprint density at radius 1 is 1.14 bits per heavy atom. The lowest BCUT2D eigenvalue weighted by Crippen LogP contribution is -2.12. The molecule has 7 heteroatoms. The SMILES string of the molecule is OC(CNc1nnc(-c2ccccn2)s1)c1ccccc1Cl. The molecule has 3 aromatic rings. The summed E-state index contributed by atoms with van der Waals surface area (Å²) in [4.78, 5) is 4.23. The van der Waals surface area contributed by atoms with Gasteiger partial charge in [-0.1, -0.05) is 47.2 Å². The summed E-state index contributed by atoms with van der Waals surface area (Å²) < 4.78 is 0. The number of nitrogens with one attached hydrogen (secondary N) is 1. The van der Waals surface area contributed by atoms with Crippen molar-refractivity contribution in [3.63, 3.8) is 0 Å². The Morgan fingerprint density at radius 2 is 1.95 bits per heavy atom. The lowest BCUT2D eigenvalue weighted by atomic mass is 10.1. The number of halogens is 1. The van der Waals surface area contributed by atoms with Gasteiger partial charge in [0.1, 0.15) is 5.69 Å². The molecule has 0 amide bonds. The molecule has 0 fully saturated rings. The fourth-order valence-electron chi connectivity index (χ4n) is 1.93. The number of pyridine rings is 1. The maximum atomic E-state index is 10.2. The minimum Gasteiger partial charge on any atom is -0.387 e. The molecule has 0 spiro atoms. The van der Waals surface area contributed by atoms with Gasteiger partial charge in [0.05, 0.1) is 6.10 Å². The van der Waals surface area contributed by atoms with E-state index < -0.39 is 6.10 Å². The highest BCUT2D eigenvalue weighted by atomic mass is 35.5. The summed E-state index contributed by atoms with van der Waals surface area (Å²) in [5.74, 6) is 0. The van der Waals surface area contributed by atoms with Crippen LogP contribution >= 0.6 is 22.9 Å². The molecule has 0 aliphatic carbocycles. The number of anilines is 1. The highest BCUT2D eigenvalue weighted by Gasteiger charge is 2.12. The van der Waals surface area contributed by atoms with Crippen LogP contribution in [-0.4, -0.2) is 26.8 Å². The Labute approximate surface area is 136 Å². The molecule has 2 heterocycles. The van der Waals surface area contributed by atoms with Crippen LogP contribution < -0.4 is 5.32 Å². The number of hydrogen-bond donors (Lipinski definition) is 2. The average molecular weight is 333 g/mol. The van der Waals surface area contributed by atoms with Crippen molar-refractivity contribution in [2.45, 2.75) is 6.10 Å². The van der Waals surface area contributed by atoms with Crippen molar-refractivity contribution in [1.29, 1.82) is 0 Å². The van der Waals surface area contributed by atoms with E-state index in [2.05, 4.69) is 20.5 Å². The smallest absolute Gasteiger partial charge is 0.206 e. The van der Waals surface area contributed by atoms with Crippen LogP contribution in [-0.2, 0) is 0 Å². The number of aromatic nitrogens is 3. The van der Waals surface area contributed by atoms with Gasteiger partial charge in [0.15, 0.2) is 5.01 Å².